The normalized spacial score (nSPS) is 26.0. The van der Waals surface area contributed by atoms with E-state index in [1.54, 1.807) is 0 Å². The van der Waals surface area contributed by atoms with Crippen molar-refractivity contribution in [3.8, 4) is 46.0 Å². The van der Waals surface area contributed by atoms with Crippen molar-refractivity contribution < 1.29 is 100 Å². The van der Waals surface area contributed by atoms with Crippen LogP contribution in [0, 0.1) is 0 Å². The van der Waals surface area contributed by atoms with Gasteiger partial charge in [-0.25, -0.2) is 0 Å². The molecule has 0 spiro atoms. The largest absolute Gasteiger partial charge is 0.508 e. The number of phenols is 6. The molecule has 2 fully saturated rings. The SMILES string of the molecule is O=C(CCc1ccc(O)cc1)c1c(O[C@@H]2O[C@H](CO)[C@@H](O)[C@H](O)[C@H]2O)cc(O)c(Cc2c(O)cc(O[C@@H]3O[C@H](CO)[C@@H](O)[C@H](O)[C@H]3O)c(C(=O)CCc3ccc(O)cc3)c2O)c1O. The third-order valence-corrected chi connectivity index (χ3v) is 10.9. The van der Waals surface area contributed by atoms with Crippen LogP contribution in [0.1, 0.15) is 55.8 Å². The van der Waals surface area contributed by atoms with Gasteiger partial charge in [0.2, 0.25) is 12.6 Å². The summed E-state index contributed by atoms with van der Waals surface area (Å²) in [7, 11) is 0. The first-order chi connectivity index (χ1) is 29.9. The van der Waals surface area contributed by atoms with Gasteiger partial charge in [-0.15, -0.1) is 0 Å². The minimum absolute atomic E-state index is 0.0386. The summed E-state index contributed by atoms with van der Waals surface area (Å²) in [6, 6.07) is 13.4. The molecule has 0 saturated carbocycles. The molecule has 2 saturated heterocycles. The van der Waals surface area contributed by atoms with Gasteiger partial charge in [-0.3, -0.25) is 9.59 Å². The Morgan fingerprint density at radius 3 is 1.19 bits per heavy atom. The fraction of sp³-hybridized carbons (Fsp3) is 0.395. The molecule has 4 aromatic carbocycles. The number of aryl methyl sites for hydroxylation is 2. The van der Waals surface area contributed by atoms with Crippen LogP contribution in [0.5, 0.6) is 46.0 Å². The predicted octanol–water partition coefficient (Wildman–Crippen LogP) is -0.501. The maximum absolute atomic E-state index is 14.0. The van der Waals surface area contributed by atoms with Gasteiger partial charge in [0.15, 0.2) is 11.6 Å². The van der Waals surface area contributed by atoms with E-state index in [9.17, 15) is 81.1 Å². The number of carbonyl (C=O) groups is 2. The van der Waals surface area contributed by atoms with Crippen molar-refractivity contribution in [2.24, 2.45) is 0 Å². The summed E-state index contributed by atoms with van der Waals surface area (Å²) in [6.07, 6.45) is -19.4. The summed E-state index contributed by atoms with van der Waals surface area (Å²) in [6.45, 7) is -1.67. The highest BCUT2D eigenvalue weighted by molar-refractivity contribution is 6.03. The first-order valence-corrected chi connectivity index (χ1v) is 19.7. The van der Waals surface area contributed by atoms with Crippen LogP contribution in [0.25, 0.3) is 0 Å². The smallest absolute Gasteiger partial charge is 0.229 e. The topological polar surface area (TPSA) is 354 Å². The lowest BCUT2D eigenvalue weighted by molar-refractivity contribution is -0.277. The highest BCUT2D eigenvalue weighted by Crippen LogP contribution is 2.46. The molecule has 0 unspecified atom stereocenters. The molecular formula is C43H48O20. The van der Waals surface area contributed by atoms with Crippen molar-refractivity contribution in [3.63, 3.8) is 0 Å². The number of phenolic OH excluding ortho intramolecular Hbond substituents is 6. The van der Waals surface area contributed by atoms with Crippen molar-refractivity contribution >= 4 is 11.6 Å². The van der Waals surface area contributed by atoms with Crippen LogP contribution in [0.15, 0.2) is 60.7 Å². The highest BCUT2D eigenvalue weighted by atomic mass is 16.7. The first kappa shape index (κ1) is 46.7. The second-order valence-electron chi connectivity index (χ2n) is 15.2. The third kappa shape index (κ3) is 10.1. The summed E-state index contributed by atoms with van der Waals surface area (Å²) >= 11 is 0. The van der Waals surface area contributed by atoms with E-state index < -0.39 is 149 Å². The van der Waals surface area contributed by atoms with Gasteiger partial charge in [0.05, 0.1) is 13.2 Å². The van der Waals surface area contributed by atoms with Gasteiger partial charge in [0.1, 0.15) is 106 Å². The van der Waals surface area contributed by atoms with Crippen LogP contribution in [-0.2, 0) is 28.7 Å². The number of aromatic hydroxyl groups is 6. The predicted molar refractivity (Wildman–Crippen MR) is 213 cm³/mol. The van der Waals surface area contributed by atoms with Crippen LogP contribution >= 0.6 is 0 Å². The van der Waals surface area contributed by atoms with Gasteiger partial charge in [-0.2, -0.15) is 0 Å². The Kier molecular flexibility index (Phi) is 14.6. The quantitative estimate of drug-likeness (QED) is 0.0631. The van der Waals surface area contributed by atoms with Crippen molar-refractivity contribution in [3.05, 3.63) is 94.0 Å². The van der Waals surface area contributed by atoms with Gasteiger partial charge in [0, 0.05) is 42.5 Å². The molecule has 63 heavy (non-hydrogen) atoms. The Bertz CT molecular complexity index is 2090. The minimum atomic E-state index is -1.98. The summed E-state index contributed by atoms with van der Waals surface area (Å²) in [5, 5.41) is 148. The Morgan fingerprint density at radius 1 is 0.508 bits per heavy atom. The Labute approximate surface area is 357 Å². The van der Waals surface area contributed by atoms with Crippen LogP contribution in [0.3, 0.4) is 0 Å². The number of benzene rings is 4. The summed E-state index contributed by atoms with van der Waals surface area (Å²) in [4.78, 5) is 28.0. The van der Waals surface area contributed by atoms with Crippen LogP contribution < -0.4 is 9.47 Å². The van der Waals surface area contributed by atoms with Crippen molar-refractivity contribution in [1.82, 2.24) is 0 Å². The number of aliphatic hydroxyl groups excluding tert-OH is 8. The van der Waals surface area contributed by atoms with Crippen molar-refractivity contribution in [1.29, 1.82) is 0 Å². The van der Waals surface area contributed by atoms with Crippen molar-refractivity contribution in [2.75, 3.05) is 13.2 Å². The standard InChI is InChI=1S/C43H48O20/c44-16-30-36(54)38(56)40(58)42(62-30)60-28-14-26(50)22(34(52)32(28)24(48)11-5-18-1-7-20(46)8-2-18)13-23-27(51)15-29(61-43-41(59)39(57)37(55)31(17-45)63-43)33(35(23)53)25(49)12-6-19-3-9-21(47)10-4-19/h1-4,7-10,14-15,30-31,36-47,50-59H,5-6,11-13,16-17H2/t30-,31-,36-,37-,38+,39+,40-,41-,42-,43-/m1/s1. The second kappa shape index (κ2) is 19.7. The zero-order valence-corrected chi connectivity index (χ0v) is 33.2. The average molecular weight is 885 g/mol. The van der Waals surface area contributed by atoms with E-state index in [0.717, 1.165) is 12.1 Å². The van der Waals surface area contributed by atoms with Gasteiger partial charge in [0.25, 0.3) is 0 Å². The van der Waals surface area contributed by atoms with Gasteiger partial charge in [-0.05, 0) is 48.2 Å². The van der Waals surface area contributed by atoms with E-state index in [1.807, 2.05) is 0 Å². The van der Waals surface area contributed by atoms with E-state index in [-0.39, 0.29) is 37.2 Å². The second-order valence-corrected chi connectivity index (χ2v) is 15.2. The summed E-state index contributed by atoms with van der Waals surface area (Å²) < 4.78 is 22.3. The molecule has 2 heterocycles. The zero-order valence-electron chi connectivity index (χ0n) is 33.2. The summed E-state index contributed by atoms with van der Waals surface area (Å²) in [5.41, 5.74) is -1.10. The van der Waals surface area contributed by atoms with Crippen molar-refractivity contribution in [2.45, 2.75) is 93.5 Å². The number of ether oxygens (including phenoxy) is 4. The fourth-order valence-electron chi connectivity index (χ4n) is 7.27. The molecule has 6 rings (SSSR count). The minimum Gasteiger partial charge on any atom is -0.508 e. The molecule has 340 valence electrons. The number of hydrogen-bond acceptors (Lipinski definition) is 20. The molecule has 0 amide bonds. The first-order valence-electron chi connectivity index (χ1n) is 19.7. The van der Waals surface area contributed by atoms with Crippen LogP contribution in [-0.4, -0.2) is 158 Å². The van der Waals surface area contributed by atoms with Gasteiger partial charge >= 0.3 is 0 Å². The van der Waals surface area contributed by atoms with E-state index in [1.165, 1.54) is 48.5 Å². The number of ketones is 2. The molecule has 20 nitrogen and oxygen atoms in total. The number of Topliss-reactive ketones (excluding diaryl/α,β-unsaturated/α-hetero) is 2. The Balaban J connectivity index is 1.41. The molecular weight excluding hydrogens is 836 g/mol. The number of hydrogen-bond donors (Lipinski definition) is 14. The van der Waals surface area contributed by atoms with E-state index >= 15 is 0 Å². The van der Waals surface area contributed by atoms with Gasteiger partial charge < -0.3 is 90.4 Å². The Hall–Kier alpha value is -5.78. The highest BCUT2D eigenvalue weighted by Gasteiger charge is 2.47. The zero-order chi connectivity index (χ0) is 45.9. The fourth-order valence-corrected chi connectivity index (χ4v) is 7.27. The molecule has 20 heteroatoms. The molecule has 0 radical (unpaired) electrons. The lowest BCUT2D eigenvalue weighted by atomic mass is 9.92. The molecule has 0 aliphatic carbocycles. The maximum atomic E-state index is 14.0. The number of aliphatic hydroxyl groups is 8. The number of rotatable bonds is 16. The van der Waals surface area contributed by atoms with E-state index in [4.69, 9.17) is 18.9 Å². The molecule has 2 aliphatic heterocycles. The molecule has 0 bridgehead atoms. The maximum Gasteiger partial charge on any atom is 0.229 e. The number of carbonyl (C=O) groups excluding carboxylic acids is 2. The van der Waals surface area contributed by atoms with Crippen LogP contribution in [0.2, 0.25) is 0 Å². The monoisotopic (exact) mass is 884 g/mol. The Morgan fingerprint density at radius 2 is 0.857 bits per heavy atom. The van der Waals surface area contributed by atoms with Crippen LogP contribution in [0.4, 0.5) is 0 Å². The molecule has 2 aliphatic rings. The average Bonchev–Trinajstić information content (AvgIpc) is 3.25. The third-order valence-electron chi connectivity index (χ3n) is 10.9. The molecule has 14 N–H and O–H groups in total. The summed E-state index contributed by atoms with van der Waals surface area (Å²) in [5.74, 6) is -6.54. The lowest BCUT2D eigenvalue weighted by Crippen LogP contribution is -2.60. The molecule has 10 atom stereocenters. The van der Waals surface area contributed by atoms with E-state index in [0.29, 0.717) is 11.1 Å². The lowest BCUT2D eigenvalue weighted by Gasteiger charge is -2.39. The molecule has 4 aromatic rings. The molecule has 0 aromatic heterocycles. The van der Waals surface area contributed by atoms with Gasteiger partial charge in [-0.1, -0.05) is 24.3 Å². The van der Waals surface area contributed by atoms with E-state index in [2.05, 4.69) is 0 Å².